The lowest BCUT2D eigenvalue weighted by Crippen LogP contribution is -2.44. The third kappa shape index (κ3) is 2.48. The van der Waals surface area contributed by atoms with Gasteiger partial charge in [-0.2, -0.15) is 4.98 Å². The fraction of sp³-hybridized carbons (Fsp3) is 0.400. The molecule has 0 aliphatic heterocycles. The van der Waals surface area contributed by atoms with Crippen molar-refractivity contribution in [3.05, 3.63) is 34.6 Å². The van der Waals surface area contributed by atoms with Gasteiger partial charge in [0.25, 0.3) is 0 Å². The van der Waals surface area contributed by atoms with E-state index in [9.17, 15) is 4.79 Å². The third-order valence-electron chi connectivity index (χ3n) is 3.79. The van der Waals surface area contributed by atoms with Gasteiger partial charge in [-0.1, -0.05) is 39.6 Å². The first-order valence-corrected chi connectivity index (χ1v) is 7.72. The van der Waals surface area contributed by atoms with Gasteiger partial charge >= 0.3 is 5.97 Å². The zero-order valence-electron chi connectivity index (χ0n) is 11.6. The van der Waals surface area contributed by atoms with Crippen molar-refractivity contribution in [1.29, 1.82) is 0 Å². The van der Waals surface area contributed by atoms with E-state index in [4.69, 9.17) is 9.26 Å². The van der Waals surface area contributed by atoms with Gasteiger partial charge in [0, 0.05) is 10.0 Å². The number of esters is 1. The molecule has 1 aliphatic rings. The quantitative estimate of drug-likeness (QED) is 0.789. The summed E-state index contributed by atoms with van der Waals surface area (Å²) in [6, 6.07) is 7.64. The highest BCUT2D eigenvalue weighted by molar-refractivity contribution is 9.10. The lowest BCUT2D eigenvalue weighted by molar-refractivity contribution is -0.155. The number of nitrogens with zero attached hydrogens (tertiary/aromatic N) is 2. The Kier molecular flexibility index (Phi) is 3.80. The Bertz CT molecular complexity index is 664. The topological polar surface area (TPSA) is 65.2 Å². The number of hydrogen-bond acceptors (Lipinski definition) is 5. The van der Waals surface area contributed by atoms with E-state index in [1.54, 1.807) is 6.92 Å². The minimum absolute atomic E-state index is 0.263. The summed E-state index contributed by atoms with van der Waals surface area (Å²) in [4.78, 5) is 16.6. The van der Waals surface area contributed by atoms with E-state index in [-0.39, 0.29) is 5.97 Å². The molecule has 0 saturated heterocycles. The minimum Gasteiger partial charge on any atom is -0.465 e. The molecule has 1 fully saturated rings. The molecular weight excluding hydrogens is 336 g/mol. The molecule has 6 heteroatoms. The first-order chi connectivity index (χ1) is 10.2. The molecule has 1 aliphatic carbocycles. The van der Waals surface area contributed by atoms with Gasteiger partial charge in [-0.25, -0.2) is 0 Å². The van der Waals surface area contributed by atoms with Gasteiger partial charge in [0.2, 0.25) is 11.7 Å². The summed E-state index contributed by atoms with van der Waals surface area (Å²) < 4.78 is 11.5. The van der Waals surface area contributed by atoms with Crippen LogP contribution in [0.2, 0.25) is 0 Å². The summed E-state index contributed by atoms with van der Waals surface area (Å²) in [5.41, 5.74) is 0.102. The van der Waals surface area contributed by atoms with Crippen LogP contribution in [0.1, 0.15) is 32.1 Å². The Labute approximate surface area is 130 Å². The third-order valence-corrected chi connectivity index (χ3v) is 4.28. The molecule has 0 unspecified atom stereocenters. The van der Waals surface area contributed by atoms with E-state index in [1.807, 2.05) is 24.3 Å². The number of hydrogen-bond donors (Lipinski definition) is 0. The summed E-state index contributed by atoms with van der Waals surface area (Å²) in [5.74, 6) is 0.588. The number of carbonyl (C=O) groups excluding carboxylic acids is 1. The number of ether oxygens (including phenoxy) is 1. The van der Waals surface area contributed by atoms with Crippen molar-refractivity contribution in [2.45, 2.75) is 31.6 Å². The lowest BCUT2D eigenvalue weighted by atomic mass is 9.68. The summed E-state index contributed by atoms with van der Waals surface area (Å²) in [6.07, 6.45) is 2.37. The van der Waals surface area contributed by atoms with Crippen LogP contribution in [0.15, 0.2) is 33.3 Å². The van der Waals surface area contributed by atoms with Gasteiger partial charge in [-0.3, -0.25) is 4.79 Å². The molecule has 1 saturated carbocycles. The Hall–Kier alpha value is -1.69. The molecule has 2 aromatic rings. The summed E-state index contributed by atoms with van der Waals surface area (Å²) in [7, 11) is 0. The Morgan fingerprint density at radius 3 is 2.90 bits per heavy atom. The summed E-state index contributed by atoms with van der Waals surface area (Å²) in [5, 5.41) is 4.00. The molecule has 1 heterocycles. The van der Waals surface area contributed by atoms with E-state index in [0.717, 1.165) is 16.5 Å². The molecule has 1 aromatic heterocycles. The highest BCUT2D eigenvalue weighted by Gasteiger charge is 2.51. The largest absolute Gasteiger partial charge is 0.465 e. The number of rotatable bonds is 4. The zero-order chi connectivity index (χ0) is 14.9. The van der Waals surface area contributed by atoms with E-state index in [1.165, 1.54) is 0 Å². The molecule has 0 bridgehead atoms. The number of halogens is 1. The highest BCUT2D eigenvalue weighted by atomic mass is 79.9. The van der Waals surface area contributed by atoms with Gasteiger partial charge in [0.15, 0.2) is 0 Å². The second kappa shape index (κ2) is 5.60. The summed E-state index contributed by atoms with van der Waals surface area (Å²) in [6.45, 7) is 2.15. The van der Waals surface area contributed by atoms with Crippen LogP contribution in [0.4, 0.5) is 0 Å². The van der Waals surface area contributed by atoms with Crippen LogP contribution < -0.4 is 0 Å². The van der Waals surface area contributed by atoms with Gasteiger partial charge in [0.05, 0.1) is 6.61 Å². The number of benzene rings is 1. The van der Waals surface area contributed by atoms with E-state index < -0.39 is 5.41 Å². The fourth-order valence-electron chi connectivity index (χ4n) is 2.47. The maximum absolute atomic E-state index is 12.2. The SMILES string of the molecule is CCOC(=O)C1(c2nc(-c3cccc(Br)c3)no2)CCC1. The normalized spacial score (nSPS) is 16.3. The van der Waals surface area contributed by atoms with Gasteiger partial charge < -0.3 is 9.26 Å². The molecule has 0 amide bonds. The lowest BCUT2D eigenvalue weighted by Gasteiger charge is -2.35. The van der Waals surface area contributed by atoms with Crippen LogP contribution in [0, 0.1) is 0 Å². The van der Waals surface area contributed by atoms with Gasteiger partial charge in [-0.15, -0.1) is 0 Å². The smallest absolute Gasteiger partial charge is 0.321 e. The first kappa shape index (κ1) is 14.3. The Morgan fingerprint density at radius 2 is 2.29 bits per heavy atom. The second-order valence-corrected chi connectivity index (χ2v) is 6.01. The number of carbonyl (C=O) groups is 1. The van der Waals surface area contributed by atoms with Crippen molar-refractivity contribution in [3.8, 4) is 11.4 Å². The Morgan fingerprint density at radius 1 is 1.48 bits per heavy atom. The monoisotopic (exact) mass is 350 g/mol. The molecule has 0 spiro atoms. The van der Waals surface area contributed by atoms with Crippen LogP contribution in [-0.4, -0.2) is 22.7 Å². The van der Waals surface area contributed by atoms with E-state index >= 15 is 0 Å². The summed E-state index contributed by atoms with van der Waals surface area (Å²) >= 11 is 3.41. The van der Waals surface area contributed by atoms with Crippen molar-refractivity contribution >= 4 is 21.9 Å². The maximum atomic E-state index is 12.2. The van der Waals surface area contributed by atoms with E-state index in [2.05, 4.69) is 26.1 Å². The molecule has 0 N–H and O–H groups in total. The second-order valence-electron chi connectivity index (χ2n) is 5.09. The molecule has 21 heavy (non-hydrogen) atoms. The highest BCUT2D eigenvalue weighted by Crippen LogP contribution is 2.44. The molecule has 1 aromatic carbocycles. The molecular formula is C15H15BrN2O3. The van der Waals surface area contributed by atoms with Gasteiger partial charge in [0.1, 0.15) is 5.41 Å². The predicted octanol–water partition coefficient (Wildman–Crippen LogP) is 3.48. The van der Waals surface area contributed by atoms with Crippen LogP contribution in [0.5, 0.6) is 0 Å². The van der Waals surface area contributed by atoms with Crippen LogP contribution >= 0.6 is 15.9 Å². The molecule has 3 rings (SSSR count). The molecule has 5 nitrogen and oxygen atoms in total. The molecule has 0 atom stereocenters. The van der Waals surface area contributed by atoms with Crippen molar-refractivity contribution < 1.29 is 14.1 Å². The molecule has 110 valence electrons. The van der Waals surface area contributed by atoms with Crippen LogP contribution in [0.3, 0.4) is 0 Å². The maximum Gasteiger partial charge on any atom is 0.321 e. The van der Waals surface area contributed by atoms with Crippen molar-refractivity contribution in [2.75, 3.05) is 6.61 Å². The van der Waals surface area contributed by atoms with Crippen LogP contribution in [-0.2, 0) is 14.9 Å². The van der Waals surface area contributed by atoms with Crippen molar-refractivity contribution in [3.63, 3.8) is 0 Å². The van der Waals surface area contributed by atoms with E-state index in [0.29, 0.717) is 31.2 Å². The van der Waals surface area contributed by atoms with Crippen molar-refractivity contribution in [1.82, 2.24) is 10.1 Å². The standard InChI is InChI=1S/C15H15BrN2O3/c1-2-20-14(19)15(7-4-8-15)13-17-12(18-21-13)10-5-3-6-11(16)9-10/h3,5-6,9H,2,4,7-8H2,1H3. The zero-order valence-corrected chi connectivity index (χ0v) is 13.2. The first-order valence-electron chi connectivity index (χ1n) is 6.93. The van der Waals surface area contributed by atoms with Crippen LogP contribution in [0.25, 0.3) is 11.4 Å². The average Bonchev–Trinajstić information content (AvgIpc) is 2.88. The average molecular weight is 351 g/mol. The Balaban J connectivity index is 1.92. The van der Waals surface area contributed by atoms with Crippen molar-refractivity contribution in [2.24, 2.45) is 0 Å². The fourth-order valence-corrected chi connectivity index (χ4v) is 2.87. The molecule has 0 radical (unpaired) electrons. The predicted molar refractivity (Wildman–Crippen MR) is 79.6 cm³/mol. The minimum atomic E-state index is -0.743. The van der Waals surface area contributed by atoms with Gasteiger partial charge in [-0.05, 0) is 31.9 Å². The number of aromatic nitrogens is 2.